The molecule has 200 valence electrons. The van der Waals surface area contributed by atoms with Crippen LogP contribution < -0.4 is 20.1 Å². The van der Waals surface area contributed by atoms with Crippen LogP contribution in [0.2, 0.25) is 0 Å². The zero-order valence-corrected chi connectivity index (χ0v) is 21.6. The summed E-state index contributed by atoms with van der Waals surface area (Å²) in [5.41, 5.74) is 0.941. The smallest absolute Gasteiger partial charge is 0.308 e. The van der Waals surface area contributed by atoms with E-state index in [9.17, 15) is 19.5 Å². The number of aryl methyl sites for hydroxylation is 1. The number of carboxylic acids is 1. The third kappa shape index (κ3) is 8.11. The number of benzene rings is 1. The molecule has 3 rings (SSSR count). The molecule has 2 aliphatic heterocycles. The second-order valence-corrected chi connectivity index (χ2v) is 9.92. The van der Waals surface area contributed by atoms with Gasteiger partial charge in [-0.1, -0.05) is 6.07 Å². The van der Waals surface area contributed by atoms with Gasteiger partial charge in [0.25, 0.3) is 0 Å². The minimum atomic E-state index is -0.936. The van der Waals surface area contributed by atoms with Crippen molar-refractivity contribution in [1.29, 1.82) is 0 Å². The molecule has 0 bridgehead atoms. The number of methoxy groups -OCH3 is 2. The Labute approximate surface area is 213 Å². The molecule has 2 atom stereocenters. The summed E-state index contributed by atoms with van der Waals surface area (Å²) in [5, 5.41) is 15.9. The van der Waals surface area contributed by atoms with Crippen LogP contribution in [0.5, 0.6) is 11.5 Å². The maximum atomic E-state index is 12.8. The molecule has 1 aromatic rings. The molecule has 9 nitrogen and oxygen atoms in total. The summed E-state index contributed by atoms with van der Waals surface area (Å²) in [6.45, 7) is 3.23. The highest BCUT2D eigenvalue weighted by Gasteiger charge is 2.29. The number of rotatable bonds is 12. The van der Waals surface area contributed by atoms with E-state index >= 15 is 0 Å². The van der Waals surface area contributed by atoms with Crippen LogP contribution in [0.25, 0.3) is 0 Å². The van der Waals surface area contributed by atoms with Gasteiger partial charge in [-0.3, -0.25) is 14.4 Å². The van der Waals surface area contributed by atoms with Crippen molar-refractivity contribution >= 4 is 17.8 Å². The molecule has 2 fully saturated rings. The zero-order valence-electron chi connectivity index (χ0n) is 21.6. The van der Waals surface area contributed by atoms with E-state index in [1.165, 1.54) is 0 Å². The van der Waals surface area contributed by atoms with E-state index in [0.717, 1.165) is 44.3 Å². The lowest BCUT2D eigenvalue weighted by Gasteiger charge is -2.33. The molecular weight excluding hydrogens is 462 g/mol. The summed E-state index contributed by atoms with van der Waals surface area (Å²) in [7, 11) is 3.13. The second kappa shape index (κ2) is 14.1. The fourth-order valence-electron chi connectivity index (χ4n) is 5.13. The molecule has 2 amide bonds. The molecule has 36 heavy (non-hydrogen) atoms. The summed E-state index contributed by atoms with van der Waals surface area (Å²) in [6.07, 6.45) is 6.12. The fourth-order valence-corrected chi connectivity index (χ4v) is 5.13. The largest absolute Gasteiger partial charge is 0.493 e. The predicted molar refractivity (Wildman–Crippen MR) is 136 cm³/mol. The lowest BCUT2D eigenvalue weighted by atomic mass is 9.92. The number of amides is 2. The average Bonchev–Trinajstić information content (AvgIpc) is 2.91. The van der Waals surface area contributed by atoms with Crippen molar-refractivity contribution in [2.45, 2.75) is 51.4 Å². The molecule has 0 aliphatic carbocycles. The number of hydrogen-bond acceptors (Lipinski definition) is 6. The Hall–Kier alpha value is -2.81. The lowest BCUT2D eigenvalue weighted by molar-refractivity contribution is -0.142. The van der Waals surface area contributed by atoms with Crippen molar-refractivity contribution < 1.29 is 29.0 Å². The molecular formula is C27H41N3O6. The van der Waals surface area contributed by atoms with Crippen molar-refractivity contribution in [3.8, 4) is 11.5 Å². The van der Waals surface area contributed by atoms with Gasteiger partial charge in [-0.25, -0.2) is 0 Å². The maximum Gasteiger partial charge on any atom is 0.308 e. The van der Waals surface area contributed by atoms with Gasteiger partial charge in [-0.05, 0) is 81.6 Å². The third-order valence-electron chi connectivity index (χ3n) is 7.47. The summed E-state index contributed by atoms with van der Waals surface area (Å²) >= 11 is 0. The average molecular weight is 504 g/mol. The highest BCUT2D eigenvalue weighted by Crippen LogP contribution is 2.28. The Morgan fingerprint density at radius 1 is 1.14 bits per heavy atom. The quantitative estimate of drug-likeness (QED) is 0.401. The van der Waals surface area contributed by atoms with Crippen LogP contribution in [0.1, 0.15) is 50.5 Å². The molecule has 9 heteroatoms. The predicted octanol–water partition coefficient (Wildman–Crippen LogP) is 2.47. The monoisotopic (exact) mass is 503 g/mol. The minimum absolute atomic E-state index is 0.0710. The van der Waals surface area contributed by atoms with Crippen molar-refractivity contribution in [3.63, 3.8) is 0 Å². The molecule has 1 aromatic carbocycles. The molecule has 0 unspecified atom stereocenters. The molecule has 2 heterocycles. The van der Waals surface area contributed by atoms with Crippen LogP contribution in [0.15, 0.2) is 18.2 Å². The van der Waals surface area contributed by atoms with Crippen LogP contribution in [0.3, 0.4) is 0 Å². The van der Waals surface area contributed by atoms with Gasteiger partial charge >= 0.3 is 5.97 Å². The summed E-state index contributed by atoms with van der Waals surface area (Å²) in [6, 6.07) is 5.53. The zero-order chi connectivity index (χ0) is 25.9. The summed E-state index contributed by atoms with van der Waals surface area (Å²) in [5.74, 6) is -0.139. The van der Waals surface area contributed by atoms with E-state index in [2.05, 4.69) is 10.6 Å². The topological polar surface area (TPSA) is 117 Å². The van der Waals surface area contributed by atoms with Crippen molar-refractivity contribution in [1.82, 2.24) is 15.5 Å². The molecule has 2 aliphatic rings. The minimum Gasteiger partial charge on any atom is -0.493 e. The number of hydrogen-bond donors (Lipinski definition) is 3. The van der Waals surface area contributed by atoms with E-state index in [0.29, 0.717) is 56.2 Å². The molecule has 0 spiro atoms. The van der Waals surface area contributed by atoms with Gasteiger partial charge in [-0.15, -0.1) is 0 Å². The highest BCUT2D eigenvalue weighted by molar-refractivity contribution is 5.82. The van der Waals surface area contributed by atoms with Gasteiger partial charge in [0.2, 0.25) is 11.8 Å². The Morgan fingerprint density at radius 3 is 2.58 bits per heavy atom. The fraction of sp³-hybridized carbons (Fsp3) is 0.667. The number of carboxylic acid groups (broad SMARTS) is 1. The third-order valence-corrected chi connectivity index (χ3v) is 7.47. The van der Waals surface area contributed by atoms with Crippen molar-refractivity contribution in [2.24, 2.45) is 17.8 Å². The number of carbonyl (C=O) groups is 3. The molecule has 3 N–H and O–H groups in total. The number of ether oxygens (including phenoxy) is 2. The van der Waals surface area contributed by atoms with Gasteiger partial charge in [0.1, 0.15) is 0 Å². The molecule has 2 saturated heterocycles. The number of nitrogens with one attached hydrogen (secondary N) is 2. The highest BCUT2D eigenvalue weighted by atomic mass is 16.5. The van der Waals surface area contributed by atoms with E-state index in [-0.39, 0.29) is 24.3 Å². The Bertz CT molecular complexity index is 886. The summed E-state index contributed by atoms with van der Waals surface area (Å²) in [4.78, 5) is 39.2. The normalized spacial score (nSPS) is 19.4. The van der Waals surface area contributed by atoms with Crippen LogP contribution in [0, 0.1) is 17.8 Å². The Morgan fingerprint density at radius 2 is 1.89 bits per heavy atom. The van der Waals surface area contributed by atoms with E-state index in [4.69, 9.17) is 9.47 Å². The van der Waals surface area contributed by atoms with Gasteiger partial charge < -0.3 is 30.1 Å². The van der Waals surface area contributed by atoms with Gasteiger partial charge in [-0.2, -0.15) is 0 Å². The van der Waals surface area contributed by atoms with Gasteiger partial charge in [0, 0.05) is 26.1 Å². The lowest BCUT2D eigenvalue weighted by Crippen LogP contribution is -2.46. The SMILES string of the molecule is COc1ccc(CC[C@H](CNC(=O)[C@@H]2CCCN(C(=O)CCC3CCNCC3)C2)C(=O)O)cc1OC. The standard InChI is InChI=1S/C27H41N3O6/c1-35-23-9-6-20(16-24(23)36-2)5-8-21(27(33)34)17-29-26(32)22-4-3-15-30(18-22)25(31)10-7-19-11-13-28-14-12-19/h6,9,16,19,21-22,28H,3-5,7-8,10-15,17-18H2,1-2H3,(H,29,32)(H,33,34)/t21-,22-/m1/s1. The summed E-state index contributed by atoms with van der Waals surface area (Å²) < 4.78 is 10.6. The first kappa shape index (κ1) is 27.8. The first-order valence-electron chi connectivity index (χ1n) is 13.1. The van der Waals surface area contributed by atoms with Crippen molar-refractivity contribution in [2.75, 3.05) is 46.9 Å². The van der Waals surface area contributed by atoms with E-state index < -0.39 is 11.9 Å². The molecule has 0 radical (unpaired) electrons. The van der Waals surface area contributed by atoms with E-state index in [1.807, 2.05) is 17.0 Å². The molecule has 0 aromatic heterocycles. The Balaban J connectivity index is 1.45. The Kier molecular flexibility index (Phi) is 10.8. The van der Waals surface area contributed by atoms with Crippen LogP contribution in [-0.4, -0.2) is 74.7 Å². The number of piperidine rings is 2. The number of nitrogens with zero attached hydrogens (tertiary/aromatic N) is 1. The first-order valence-corrected chi connectivity index (χ1v) is 13.1. The van der Waals surface area contributed by atoms with Gasteiger partial charge in [0.05, 0.1) is 26.1 Å². The van der Waals surface area contributed by atoms with Crippen molar-refractivity contribution in [3.05, 3.63) is 23.8 Å². The molecule has 0 saturated carbocycles. The maximum absolute atomic E-state index is 12.8. The number of aliphatic carboxylic acids is 1. The van der Waals surface area contributed by atoms with Crippen LogP contribution in [0.4, 0.5) is 0 Å². The van der Waals surface area contributed by atoms with Crippen LogP contribution >= 0.6 is 0 Å². The number of likely N-dealkylation sites (tertiary alicyclic amines) is 1. The first-order chi connectivity index (χ1) is 17.4. The van der Waals surface area contributed by atoms with E-state index in [1.54, 1.807) is 20.3 Å². The van der Waals surface area contributed by atoms with Crippen LogP contribution in [-0.2, 0) is 20.8 Å². The number of carbonyl (C=O) groups excluding carboxylic acids is 2. The second-order valence-electron chi connectivity index (χ2n) is 9.92. The van der Waals surface area contributed by atoms with Gasteiger partial charge in [0.15, 0.2) is 11.5 Å².